The molecule has 21 heavy (non-hydrogen) atoms. The lowest BCUT2D eigenvalue weighted by molar-refractivity contribution is -0.111. The predicted octanol–water partition coefficient (Wildman–Crippen LogP) is 3.80. The van der Waals surface area contributed by atoms with E-state index in [2.05, 4.69) is 5.32 Å². The van der Waals surface area contributed by atoms with E-state index in [0.717, 1.165) is 11.1 Å². The monoisotopic (exact) mass is 285 g/mol. The molecule has 2 aromatic carbocycles. The van der Waals surface area contributed by atoms with Gasteiger partial charge in [-0.3, -0.25) is 4.79 Å². The maximum atomic E-state index is 12.8. The van der Waals surface area contributed by atoms with E-state index < -0.39 is 0 Å². The third kappa shape index (κ3) is 3.92. The average Bonchev–Trinajstić information content (AvgIpc) is 2.44. The van der Waals surface area contributed by atoms with Gasteiger partial charge in [-0.2, -0.15) is 0 Å². The summed E-state index contributed by atoms with van der Waals surface area (Å²) in [7, 11) is 0. The summed E-state index contributed by atoms with van der Waals surface area (Å²) in [6.07, 6.45) is 2.99. The first kappa shape index (κ1) is 14.8. The van der Waals surface area contributed by atoms with Crippen LogP contribution < -0.4 is 5.32 Å². The highest BCUT2D eigenvalue weighted by Gasteiger charge is 2.05. The molecule has 0 bridgehead atoms. The molecule has 2 aromatic rings. The van der Waals surface area contributed by atoms with Crippen LogP contribution in [0.4, 0.5) is 10.1 Å². The number of benzene rings is 2. The van der Waals surface area contributed by atoms with Gasteiger partial charge in [0.15, 0.2) is 0 Å². The molecule has 0 radical (unpaired) electrons. The molecule has 3 nitrogen and oxygen atoms in total. The third-order valence-electron chi connectivity index (χ3n) is 3.10. The number of rotatable bonds is 3. The minimum atomic E-state index is -0.313. The van der Waals surface area contributed by atoms with Crippen LogP contribution in [0.3, 0.4) is 0 Å². The molecule has 0 aliphatic carbocycles. The zero-order valence-electron chi connectivity index (χ0n) is 11.9. The van der Waals surface area contributed by atoms with Crippen molar-refractivity contribution in [3.8, 4) is 5.75 Å². The molecule has 1 amide bonds. The van der Waals surface area contributed by atoms with E-state index in [4.69, 9.17) is 0 Å². The van der Waals surface area contributed by atoms with Crippen molar-refractivity contribution in [2.75, 3.05) is 5.32 Å². The standard InChI is InChI=1S/C17H16FNO2/c1-11-10-16(20)12(2)9-15(11)19-17(21)8-5-13-3-6-14(18)7-4-13/h3-10,20H,1-2H3,(H,19,21)/b8-5+. The molecule has 0 aliphatic rings. The Bertz CT molecular complexity index is 691. The number of anilines is 1. The molecule has 0 heterocycles. The maximum Gasteiger partial charge on any atom is 0.248 e. The second-order valence-corrected chi connectivity index (χ2v) is 4.83. The molecule has 0 saturated carbocycles. The highest BCUT2D eigenvalue weighted by Crippen LogP contribution is 2.24. The van der Waals surface area contributed by atoms with Gasteiger partial charge in [0.05, 0.1) is 0 Å². The fourth-order valence-corrected chi connectivity index (χ4v) is 1.86. The summed E-state index contributed by atoms with van der Waals surface area (Å²) in [6.45, 7) is 3.57. The minimum absolute atomic E-state index is 0.201. The summed E-state index contributed by atoms with van der Waals surface area (Å²) in [5.74, 6) is -0.397. The van der Waals surface area contributed by atoms with Crippen LogP contribution in [0, 0.1) is 19.7 Å². The van der Waals surface area contributed by atoms with E-state index in [1.807, 2.05) is 0 Å². The van der Waals surface area contributed by atoms with E-state index in [1.165, 1.54) is 18.2 Å². The van der Waals surface area contributed by atoms with Crippen molar-refractivity contribution in [1.82, 2.24) is 0 Å². The van der Waals surface area contributed by atoms with E-state index in [9.17, 15) is 14.3 Å². The van der Waals surface area contributed by atoms with Crippen molar-refractivity contribution >= 4 is 17.7 Å². The van der Waals surface area contributed by atoms with Crippen LogP contribution in [-0.2, 0) is 4.79 Å². The van der Waals surface area contributed by atoms with Gasteiger partial charge in [-0.15, -0.1) is 0 Å². The normalized spacial score (nSPS) is 10.8. The predicted molar refractivity (Wildman–Crippen MR) is 81.6 cm³/mol. The Morgan fingerprint density at radius 1 is 1.14 bits per heavy atom. The van der Waals surface area contributed by atoms with E-state index in [1.54, 1.807) is 44.2 Å². The third-order valence-corrected chi connectivity index (χ3v) is 3.10. The Morgan fingerprint density at radius 3 is 2.48 bits per heavy atom. The summed E-state index contributed by atoms with van der Waals surface area (Å²) in [4.78, 5) is 11.9. The SMILES string of the molecule is Cc1cc(NC(=O)/C=C/c2ccc(F)cc2)c(C)cc1O. The number of hydrogen-bond donors (Lipinski definition) is 2. The van der Waals surface area contributed by atoms with Gasteiger partial charge in [0, 0.05) is 11.8 Å². The highest BCUT2D eigenvalue weighted by molar-refractivity contribution is 6.02. The van der Waals surface area contributed by atoms with Crippen LogP contribution in [0.1, 0.15) is 16.7 Å². The van der Waals surface area contributed by atoms with Gasteiger partial charge >= 0.3 is 0 Å². The molecule has 0 atom stereocenters. The van der Waals surface area contributed by atoms with Crippen molar-refractivity contribution in [1.29, 1.82) is 0 Å². The summed E-state index contributed by atoms with van der Waals surface area (Å²) in [6, 6.07) is 9.18. The molecule has 0 unspecified atom stereocenters. The molecule has 0 aliphatic heterocycles. The van der Waals surface area contributed by atoms with E-state index in [0.29, 0.717) is 11.3 Å². The topological polar surface area (TPSA) is 49.3 Å². The molecule has 0 spiro atoms. The second-order valence-electron chi connectivity index (χ2n) is 4.83. The van der Waals surface area contributed by atoms with Crippen molar-refractivity contribution in [3.05, 3.63) is 65.0 Å². The first-order chi connectivity index (χ1) is 9.95. The number of nitrogens with one attached hydrogen (secondary N) is 1. The van der Waals surface area contributed by atoms with Gasteiger partial charge in [-0.05, 0) is 60.9 Å². The summed E-state index contributed by atoms with van der Waals surface area (Å²) < 4.78 is 12.8. The van der Waals surface area contributed by atoms with Crippen LogP contribution >= 0.6 is 0 Å². The number of aromatic hydroxyl groups is 1. The summed E-state index contributed by atoms with van der Waals surface area (Å²) in [5.41, 5.74) is 2.87. The molecule has 108 valence electrons. The number of hydrogen-bond acceptors (Lipinski definition) is 2. The number of carbonyl (C=O) groups is 1. The van der Waals surface area contributed by atoms with Crippen LogP contribution in [0.5, 0.6) is 5.75 Å². The fourth-order valence-electron chi connectivity index (χ4n) is 1.86. The number of amides is 1. The average molecular weight is 285 g/mol. The molecule has 0 saturated heterocycles. The van der Waals surface area contributed by atoms with Gasteiger partial charge in [0.1, 0.15) is 11.6 Å². The molecule has 4 heteroatoms. The molecule has 0 aromatic heterocycles. The number of halogens is 1. The Labute approximate surface area is 122 Å². The van der Waals surface area contributed by atoms with Crippen molar-refractivity contribution in [2.24, 2.45) is 0 Å². The molecular formula is C17H16FNO2. The van der Waals surface area contributed by atoms with Crippen molar-refractivity contribution < 1.29 is 14.3 Å². The largest absolute Gasteiger partial charge is 0.508 e. The molecule has 0 fully saturated rings. The lowest BCUT2D eigenvalue weighted by atomic mass is 10.1. The lowest BCUT2D eigenvalue weighted by Crippen LogP contribution is -2.09. The Morgan fingerprint density at radius 2 is 1.81 bits per heavy atom. The minimum Gasteiger partial charge on any atom is -0.508 e. The van der Waals surface area contributed by atoms with Gasteiger partial charge in [0.2, 0.25) is 5.91 Å². The zero-order valence-corrected chi connectivity index (χ0v) is 11.9. The smallest absolute Gasteiger partial charge is 0.248 e. The van der Waals surface area contributed by atoms with Crippen LogP contribution in [0.2, 0.25) is 0 Å². The number of phenolic OH excluding ortho intramolecular Hbond substituents is 1. The van der Waals surface area contributed by atoms with Crippen LogP contribution in [0.25, 0.3) is 6.08 Å². The fraction of sp³-hybridized carbons (Fsp3) is 0.118. The Kier molecular flexibility index (Phi) is 4.38. The number of phenols is 1. The van der Waals surface area contributed by atoms with Crippen molar-refractivity contribution in [2.45, 2.75) is 13.8 Å². The quantitative estimate of drug-likeness (QED) is 0.665. The first-order valence-electron chi connectivity index (χ1n) is 6.50. The maximum absolute atomic E-state index is 12.8. The zero-order chi connectivity index (χ0) is 15.4. The van der Waals surface area contributed by atoms with E-state index >= 15 is 0 Å². The van der Waals surface area contributed by atoms with E-state index in [-0.39, 0.29) is 17.5 Å². The molecule has 2 rings (SSSR count). The highest BCUT2D eigenvalue weighted by atomic mass is 19.1. The second kappa shape index (κ2) is 6.22. The van der Waals surface area contributed by atoms with Gasteiger partial charge < -0.3 is 10.4 Å². The van der Waals surface area contributed by atoms with Crippen LogP contribution in [-0.4, -0.2) is 11.0 Å². The molecular weight excluding hydrogens is 269 g/mol. The Balaban J connectivity index is 2.08. The molecule has 2 N–H and O–H groups in total. The van der Waals surface area contributed by atoms with Gasteiger partial charge in [-0.1, -0.05) is 12.1 Å². The van der Waals surface area contributed by atoms with Gasteiger partial charge in [-0.25, -0.2) is 4.39 Å². The lowest BCUT2D eigenvalue weighted by Gasteiger charge is -2.09. The van der Waals surface area contributed by atoms with Crippen molar-refractivity contribution in [3.63, 3.8) is 0 Å². The Hall–Kier alpha value is -2.62. The number of aryl methyl sites for hydroxylation is 2. The number of carbonyl (C=O) groups excluding carboxylic acids is 1. The summed E-state index contributed by atoms with van der Waals surface area (Å²) >= 11 is 0. The first-order valence-corrected chi connectivity index (χ1v) is 6.50. The summed E-state index contributed by atoms with van der Waals surface area (Å²) in [5, 5.41) is 12.3. The van der Waals surface area contributed by atoms with Gasteiger partial charge in [0.25, 0.3) is 0 Å². The van der Waals surface area contributed by atoms with Crippen LogP contribution in [0.15, 0.2) is 42.5 Å².